The minimum Gasteiger partial charge on any atom is -0.497 e. The van der Waals surface area contributed by atoms with Crippen molar-refractivity contribution < 1.29 is 4.74 Å². The van der Waals surface area contributed by atoms with Crippen LogP contribution in [0.3, 0.4) is 0 Å². The highest BCUT2D eigenvalue weighted by atomic mass is 32.2. The van der Waals surface area contributed by atoms with Crippen LogP contribution in [-0.2, 0) is 5.75 Å². The first-order valence-corrected chi connectivity index (χ1v) is 9.77. The second-order valence-corrected chi connectivity index (χ2v) is 7.68. The maximum atomic E-state index is 5.27. The summed E-state index contributed by atoms with van der Waals surface area (Å²) in [6.45, 7) is 8.57. The van der Waals surface area contributed by atoms with Crippen LogP contribution in [0.2, 0.25) is 0 Å². The lowest BCUT2D eigenvalue weighted by molar-refractivity contribution is 0.414. The minimum absolute atomic E-state index is 0.292. The standard InChI is InChI=1S/C21H25N3OS/c1-14(2)20-22-23-21(24(20)18-8-10-19(25-5)11-9-18)26-13-17-7-6-15(3)16(4)12-17/h6-12,14H,13H2,1-5H3. The van der Waals surface area contributed by atoms with Gasteiger partial charge in [-0.2, -0.15) is 0 Å². The Morgan fingerprint density at radius 1 is 1.00 bits per heavy atom. The monoisotopic (exact) mass is 367 g/mol. The molecule has 0 fully saturated rings. The average molecular weight is 368 g/mol. The Labute approximate surface area is 159 Å². The van der Waals surface area contributed by atoms with Crippen molar-refractivity contribution in [1.82, 2.24) is 14.8 Å². The van der Waals surface area contributed by atoms with E-state index in [1.54, 1.807) is 18.9 Å². The number of rotatable bonds is 6. The van der Waals surface area contributed by atoms with Gasteiger partial charge in [0.25, 0.3) is 0 Å². The molecule has 4 nitrogen and oxygen atoms in total. The molecule has 0 atom stereocenters. The minimum atomic E-state index is 0.292. The first kappa shape index (κ1) is 18.5. The summed E-state index contributed by atoms with van der Waals surface area (Å²) in [4.78, 5) is 0. The van der Waals surface area contributed by atoms with E-state index in [0.717, 1.165) is 28.2 Å². The van der Waals surface area contributed by atoms with Crippen LogP contribution in [0.4, 0.5) is 0 Å². The smallest absolute Gasteiger partial charge is 0.196 e. The number of benzene rings is 2. The van der Waals surface area contributed by atoms with Gasteiger partial charge in [0.1, 0.15) is 11.6 Å². The number of hydrogen-bond acceptors (Lipinski definition) is 4. The van der Waals surface area contributed by atoms with Gasteiger partial charge in [-0.3, -0.25) is 4.57 Å². The molecule has 2 aromatic carbocycles. The van der Waals surface area contributed by atoms with Crippen molar-refractivity contribution >= 4 is 11.8 Å². The van der Waals surface area contributed by atoms with Crippen LogP contribution in [0.1, 0.15) is 42.3 Å². The molecule has 0 aliphatic rings. The van der Waals surface area contributed by atoms with Crippen molar-refractivity contribution in [3.8, 4) is 11.4 Å². The van der Waals surface area contributed by atoms with Crippen LogP contribution in [0, 0.1) is 13.8 Å². The molecule has 0 bridgehead atoms. The normalized spacial score (nSPS) is 11.2. The Balaban J connectivity index is 1.90. The van der Waals surface area contributed by atoms with Gasteiger partial charge in [-0.1, -0.05) is 43.8 Å². The molecule has 1 heterocycles. The highest BCUT2D eigenvalue weighted by molar-refractivity contribution is 7.98. The average Bonchev–Trinajstić information content (AvgIpc) is 3.07. The quantitative estimate of drug-likeness (QED) is 0.554. The summed E-state index contributed by atoms with van der Waals surface area (Å²) in [6, 6.07) is 14.7. The molecule has 0 saturated heterocycles. The largest absolute Gasteiger partial charge is 0.497 e. The summed E-state index contributed by atoms with van der Waals surface area (Å²) in [7, 11) is 1.68. The van der Waals surface area contributed by atoms with Gasteiger partial charge in [-0.05, 0) is 54.8 Å². The lowest BCUT2D eigenvalue weighted by Gasteiger charge is -2.13. The maximum absolute atomic E-state index is 5.27. The molecule has 0 N–H and O–H groups in total. The van der Waals surface area contributed by atoms with E-state index in [2.05, 4.69) is 60.7 Å². The van der Waals surface area contributed by atoms with Gasteiger partial charge in [0.15, 0.2) is 5.16 Å². The van der Waals surface area contributed by atoms with E-state index in [9.17, 15) is 0 Å². The second kappa shape index (κ2) is 7.96. The summed E-state index contributed by atoms with van der Waals surface area (Å²) < 4.78 is 7.42. The van der Waals surface area contributed by atoms with E-state index in [1.165, 1.54) is 16.7 Å². The maximum Gasteiger partial charge on any atom is 0.196 e. The van der Waals surface area contributed by atoms with E-state index in [1.807, 2.05) is 24.3 Å². The molecule has 0 aliphatic carbocycles. The summed E-state index contributed by atoms with van der Waals surface area (Å²) >= 11 is 1.72. The molecule has 5 heteroatoms. The topological polar surface area (TPSA) is 39.9 Å². The number of methoxy groups -OCH3 is 1. The van der Waals surface area contributed by atoms with Crippen LogP contribution in [-0.4, -0.2) is 21.9 Å². The van der Waals surface area contributed by atoms with Crippen LogP contribution < -0.4 is 4.74 Å². The number of hydrogen-bond donors (Lipinski definition) is 0. The molecule has 3 aromatic rings. The van der Waals surface area contributed by atoms with Gasteiger partial charge in [-0.15, -0.1) is 10.2 Å². The lowest BCUT2D eigenvalue weighted by atomic mass is 10.1. The van der Waals surface area contributed by atoms with Crippen molar-refractivity contribution in [2.45, 2.75) is 44.5 Å². The van der Waals surface area contributed by atoms with Gasteiger partial charge >= 0.3 is 0 Å². The lowest BCUT2D eigenvalue weighted by Crippen LogP contribution is -2.04. The Bertz CT molecular complexity index is 885. The van der Waals surface area contributed by atoms with Gasteiger partial charge < -0.3 is 4.74 Å². The van der Waals surface area contributed by atoms with Crippen LogP contribution in [0.15, 0.2) is 47.6 Å². The molecule has 26 heavy (non-hydrogen) atoms. The highest BCUT2D eigenvalue weighted by Gasteiger charge is 2.17. The second-order valence-electron chi connectivity index (χ2n) is 6.74. The van der Waals surface area contributed by atoms with Crippen LogP contribution in [0.25, 0.3) is 5.69 Å². The number of ether oxygens (including phenoxy) is 1. The SMILES string of the molecule is COc1ccc(-n2c(SCc3ccc(C)c(C)c3)nnc2C(C)C)cc1. The fraction of sp³-hybridized carbons (Fsp3) is 0.333. The third-order valence-electron chi connectivity index (χ3n) is 4.44. The highest BCUT2D eigenvalue weighted by Crippen LogP contribution is 2.29. The molecule has 3 rings (SSSR count). The Kier molecular flexibility index (Phi) is 5.67. The van der Waals surface area contributed by atoms with Crippen molar-refractivity contribution in [2.24, 2.45) is 0 Å². The Morgan fingerprint density at radius 2 is 1.73 bits per heavy atom. The van der Waals surface area contributed by atoms with Crippen LogP contribution >= 0.6 is 11.8 Å². The van der Waals surface area contributed by atoms with Crippen molar-refractivity contribution in [1.29, 1.82) is 0 Å². The molecule has 0 aliphatic heterocycles. The van der Waals surface area contributed by atoms with Crippen molar-refractivity contribution in [2.75, 3.05) is 7.11 Å². The van der Waals surface area contributed by atoms with E-state index in [0.29, 0.717) is 5.92 Å². The Morgan fingerprint density at radius 3 is 2.35 bits per heavy atom. The molecule has 136 valence electrons. The molecular formula is C21H25N3OS. The zero-order valence-corrected chi connectivity index (χ0v) is 16.8. The van der Waals surface area contributed by atoms with Gasteiger partial charge in [-0.25, -0.2) is 0 Å². The fourth-order valence-corrected chi connectivity index (χ4v) is 3.67. The number of thioether (sulfide) groups is 1. The fourth-order valence-electron chi connectivity index (χ4n) is 2.76. The molecule has 0 saturated carbocycles. The molecule has 0 spiro atoms. The summed E-state index contributed by atoms with van der Waals surface area (Å²) in [5.41, 5.74) is 5.00. The van der Waals surface area contributed by atoms with Gasteiger partial charge in [0.2, 0.25) is 0 Å². The van der Waals surface area contributed by atoms with E-state index in [-0.39, 0.29) is 0 Å². The summed E-state index contributed by atoms with van der Waals surface area (Å²) in [5.74, 6) is 2.98. The summed E-state index contributed by atoms with van der Waals surface area (Å²) in [5, 5.41) is 9.81. The third kappa shape index (κ3) is 3.93. The Hall–Kier alpha value is -2.27. The molecule has 0 amide bonds. The summed E-state index contributed by atoms with van der Waals surface area (Å²) in [6.07, 6.45) is 0. The zero-order chi connectivity index (χ0) is 18.7. The number of nitrogens with zero attached hydrogens (tertiary/aromatic N) is 3. The number of aryl methyl sites for hydroxylation is 2. The number of aromatic nitrogens is 3. The predicted molar refractivity (Wildman–Crippen MR) is 107 cm³/mol. The predicted octanol–water partition coefficient (Wildman–Crippen LogP) is 5.31. The molecule has 1 aromatic heterocycles. The van der Waals surface area contributed by atoms with Gasteiger partial charge in [0.05, 0.1) is 7.11 Å². The third-order valence-corrected chi connectivity index (χ3v) is 5.44. The van der Waals surface area contributed by atoms with Crippen LogP contribution in [0.5, 0.6) is 5.75 Å². The molecule has 0 radical (unpaired) electrons. The van der Waals surface area contributed by atoms with Gasteiger partial charge in [0, 0.05) is 17.4 Å². The van der Waals surface area contributed by atoms with E-state index < -0.39 is 0 Å². The van der Waals surface area contributed by atoms with E-state index >= 15 is 0 Å². The van der Waals surface area contributed by atoms with E-state index in [4.69, 9.17) is 4.74 Å². The zero-order valence-electron chi connectivity index (χ0n) is 16.0. The molecular weight excluding hydrogens is 342 g/mol. The first-order valence-electron chi connectivity index (χ1n) is 8.78. The van der Waals surface area contributed by atoms with Crippen molar-refractivity contribution in [3.05, 3.63) is 65.0 Å². The van der Waals surface area contributed by atoms with Crippen molar-refractivity contribution in [3.63, 3.8) is 0 Å². The molecule has 0 unspecified atom stereocenters. The first-order chi connectivity index (χ1) is 12.5.